The smallest absolute Gasteiger partial charge is 0.0537 e. The number of benzene rings is 8. The third-order valence-electron chi connectivity index (χ3n) is 17.4. The van der Waals surface area contributed by atoms with E-state index in [2.05, 4.69) is 241 Å². The molecule has 5 aliphatic carbocycles. The lowest BCUT2D eigenvalue weighted by Crippen LogP contribution is -2.39. The summed E-state index contributed by atoms with van der Waals surface area (Å²) in [5, 5.41) is 2.74. The predicted octanol–water partition coefficient (Wildman–Crippen LogP) is 17.7. The summed E-state index contributed by atoms with van der Waals surface area (Å²) >= 11 is 0. The Hall–Kier alpha value is -7.94. The number of fused-ring (bicyclic) bond motifs is 16. The van der Waals surface area contributed by atoms with E-state index in [0.29, 0.717) is 17.8 Å². The molecule has 5 aliphatic rings. The van der Waals surface area contributed by atoms with E-state index in [1.807, 2.05) is 0 Å². The van der Waals surface area contributed by atoms with Crippen molar-refractivity contribution in [2.45, 2.75) is 56.8 Å². The maximum atomic E-state index is 2.74. The second kappa shape index (κ2) is 15.5. The van der Waals surface area contributed by atoms with Crippen LogP contribution in [-0.2, 0) is 11.8 Å². The van der Waals surface area contributed by atoms with Gasteiger partial charge in [0.2, 0.25) is 0 Å². The summed E-state index contributed by atoms with van der Waals surface area (Å²) in [6, 6.07) is 71.8. The van der Waals surface area contributed by atoms with E-state index in [1.54, 1.807) is 0 Å². The Morgan fingerprint density at radius 1 is 0.507 bits per heavy atom. The Morgan fingerprint density at radius 3 is 1.93 bits per heavy atom. The SMILES string of the molecule is CC1CC=Cc2c1c1ccccc1n2-c1ccc2c(c1)C1C=C(n3c4c(c5ccccc53)C=CCC4)CC(C)C1C21c2ccccc2-c2cc(-c3cc(-c4ccccc4)cc(-c4ccccc4)c3)ccc21. The fourth-order valence-electron chi connectivity index (χ4n) is 14.6. The van der Waals surface area contributed by atoms with E-state index in [0.717, 1.165) is 25.7 Å². The summed E-state index contributed by atoms with van der Waals surface area (Å²) in [6.07, 6.45) is 16.5. The van der Waals surface area contributed by atoms with E-state index in [-0.39, 0.29) is 11.3 Å². The van der Waals surface area contributed by atoms with Gasteiger partial charge < -0.3 is 9.13 Å². The minimum absolute atomic E-state index is 0.196. The lowest BCUT2D eigenvalue weighted by Gasteiger charge is -2.43. The average Bonchev–Trinajstić information content (AvgIpc) is 4.14. The normalized spacial score (nSPS) is 21.2. The molecule has 0 fully saturated rings. The van der Waals surface area contributed by atoms with Gasteiger partial charge in [0, 0.05) is 45.0 Å². The Morgan fingerprint density at radius 2 is 1.15 bits per heavy atom. The number of allylic oxidation sites excluding steroid dienone is 4. The molecule has 0 amide bonds. The summed E-state index contributed by atoms with van der Waals surface area (Å²) < 4.78 is 5.26. The van der Waals surface area contributed by atoms with Gasteiger partial charge in [0.25, 0.3) is 0 Å². The number of nitrogens with zero attached hydrogens (tertiary/aromatic N) is 2. The van der Waals surface area contributed by atoms with Crippen molar-refractivity contribution >= 4 is 39.7 Å². The highest BCUT2D eigenvalue weighted by Gasteiger charge is 2.60. The fourth-order valence-corrected chi connectivity index (χ4v) is 14.6. The van der Waals surface area contributed by atoms with Gasteiger partial charge in [0.15, 0.2) is 0 Å². The van der Waals surface area contributed by atoms with E-state index >= 15 is 0 Å². The average molecular weight is 911 g/mol. The maximum Gasteiger partial charge on any atom is 0.0537 e. The first-order valence-electron chi connectivity index (χ1n) is 26.0. The summed E-state index contributed by atoms with van der Waals surface area (Å²) in [6.45, 7) is 4.97. The van der Waals surface area contributed by atoms with Gasteiger partial charge in [-0.3, -0.25) is 0 Å². The molecule has 0 aliphatic heterocycles. The van der Waals surface area contributed by atoms with Crippen molar-refractivity contribution in [3.63, 3.8) is 0 Å². The van der Waals surface area contributed by atoms with Crippen molar-refractivity contribution in [1.82, 2.24) is 9.13 Å². The first-order chi connectivity index (χ1) is 35.0. The molecule has 0 N–H and O–H groups in total. The zero-order chi connectivity index (χ0) is 47.0. The van der Waals surface area contributed by atoms with E-state index in [4.69, 9.17) is 0 Å². The Bertz CT molecular complexity index is 3870. The largest absolute Gasteiger partial charge is 0.317 e. The van der Waals surface area contributed by atoms with Gasteiger partial charge in [-0.15, -0.1) is 0 Å². The molecule has 5 atom stereocenters. The van der Waals surface area contributed by atoms with Crippen LogP contribution >= 0.6 is 0 Å². The van der Waals surface area contributed by atoms with Gasteiger partial charge in [0.1, 0.15) is 0 Å². The van der Waals surface area contributed by atoms with Gasteiger partial charge in [0.05, 0.1) is 16.4 Å². The number of hydrogen-bond acceptors (Lipinski definition) is 0. The second-order valence-corrected chi connectivity index (χ2v) is 21.2. The van der Waals surface area contributed by atoms with Crippen LogP contribution < -0.4 is 0 Å². The van der Waals surface area contributed by atoms with Crippen molar-refractivity contribution in [2.24, 2.45) is 11.8 Å². The van der Waals surface area contributed by atoms with Crippen LogP contribution in [0.5, 0.6) is 0 Å². The predicted molar refractivity (Wildman–Crippen MR) is 297 cm³/mol. The minimum Gasteiger partial charge on any atom is -0.317 e. The molecule has 10 aromatic rings. The van der Waals surface area contributed by atoms with Crippen LogP contribution in [-0.4, -0.2) is 9.13 Å². The summed E-state index contributed by atoms with van der Waals surface area (Å²) in [5.41, 5.74) is 26.7. The third-order valence-corrected chi connectivity index (χ3v) is 17.4. The number of aromatic nitrogens is 2. The number of para-hydroxylation sites is 2. The molecule has 2 nitrogen and oxygen atoms in total. The standard InChI is InChI=1S/C69H54N2/c1-43-18-17-31-66-67(43)56-26-12-16-30-65(56)70(66)51-33-35-62-58(41-51)59-42-52(71-63-28-14-10-24-54(63)55-25-11-15-29-64(55)71)36-44(2)68(59)69(62)60-27-13-9-23-53(60)57-40-47(32-34-61(57)69)50-38-48(45-19-5-3-6-20-45)37-49(39-50)46-21-7-4-8-22-46/h3-14,16-17,19-28,30-35,37-44,59,68H,15,18,29,36H2,1-2H3. The van der Waals surface area contributed by atoms with Crippen LogP contribution in [0, 0.1) is 11.8 Å². The summed E-state index contributed by atoms with van der Waals surface area (Å²) in [7, 11) is 0. The molecule has 2 heteroatoms. The van der Waals surface area contributed by atoms with Crippen LogP contribution in [0.4, 0.5) is 0 Å². The molecule has 0 saturated heterocycles. The Labute approximate surface area is 416 Å². The monoisotopic (exact) mass is 910 g/mol. The maximum absolute atomic E-state index is 2.74. The molecule has 0 bridgehead atoms. The van der Waals surface area contributed by atoms with Crippen LogP contribution in [0.15, 0.2) is 206 Å². The van der Waals surface area contributed by atoms with Crippen molar-refractivity contribution in [2.75, 3.05) is 0 Å². The number of hydrogen-bond donors (Lipinski definition) is 0. The van der Waals surface area contributed by atoms with Gasteiger partial charge in [-0.25, -0.2) is 0 Å². The molecule has 5 unspecified atom stereocenters. The first kappa shape index (κ1) is 40.9. The highest BCUT2D eigenvalue weighted by molar-refractivity contribution is 5.96. The van der Waals surface area contributed by atoms with Crippen LogP contribution in [0.25, 0.3) is 89.8 Å². The molecule has 2 heterocycles. The second-order valence-electron chi connectivity index (χ2n) is 21.2. The highest BCUT2D eigenvalue weighted by Crippen LogP contribution is 2.68. The number of rotatable bonds is 5. The molecule has 15 rings (SSSR count). The van der Waals surface area contributed by atoms with Crippen molar-refractivity contribution < 1.29 is 0 Å². The summed E-state index contributed by atoms with van der Waals surface area (Å²) in [4.78, 5) is 0. The first-order valence-corrected chi connectivity index (χ1v) is 26.0. The molecule has 0 radical (unpaired) electrons. The van der Waals surface area contributed by atoms with Crippen molar-refractivity contribution in [3.8, 4) is 50.2 Å². The molecule has 71 heavy (non-hydrogen) atoms. The Balaban J connectivity index is 0.969. The zero-order valence-corrected chi connectivity index (χ0v) is 40.3. The molecule has 340 valence electrons. The lowest BCUT2D eigenvalue weighted by molar-refractivity contribution is 0.261. The third kappa shape index (κ3) is 5.82. The van der Waals surface area contributed by atoms with Gasteiger partial charge in [-0.2, -0.15) is 0 Å². The molecule has 2 aromatic heterocycles. The van der Waals surface area contributed by atoms with Crippen LogP contribution in [0.1, 0.15) is 89.7 Å². The van der Waals surface area contributed by atoms with Crippen molar-refractivity contribution in [3.05, 3.63) is 251 Å². The van der Waals surface area contributed by atoms with Crippen molar-refractivity contribution in [1.29, 1.82) is 0 Å². The minimum atomic E-state index is -0.334. The van der Waals surface area contributed by atoms with E-state index in [1.165, 1.54) is 122 Å². The van der Waals surface area contributed by atoms with E-state index in [9.17, 15) is 0 Å². The van der Waals surface area contributed by atoms with Gasteiger partial charge in [-0.05, 0) is 170 Å². The highest BCUT2D eigenvalue weighted by atomic mass is 15.0. The zero-order valence-electron chi connectivity index (χ0n) is 40.3. The quantitative estimate of drug-likeness (QED) is 0.163. The van der Waals surface area contributed by atoms with Gasteiger partial charge in [-0.1, -0.05) is 178 Å². The molecule has 0 saturated carbocycles. The summed E-state index contributed by atoms with van der Waals surface area (Å²) in [5.74, 6) is 1.35. The lowest BCUT2D eigenvalue weighted by atomic mass is 9.60. The Kier molecular flexibility index (Phi) is 8.95. The topological polar surface area (TPSA) is 9.86 Å². The molecule has 8 aromatic carbocycles. The molecule has 1 spiro atoms. The van der Waals surface area contributed by atoms with Crippen LogP contribution in [0.2, 0.25) is 0 Å². The van der Waals surface area contributed by atoms with E-state index < -0.39 is 0 Å². The molecular formula is C69H54N2. The fraction of sp³-hybridized carbons (Fsp3) is 0.159. The van der Waals surface area contributed by atoms with Crippen LogP contribution in [0.3, 0.4) is 0 Å². The van der Waals surface area contributed by atoms with Gasteiger partial charge >= 0.3 is 0 Å². The molecular weight excluding hydrogens is 857 g/mol.